The molecular weight excluding hydrogens is 264 g/mol. The summed E-state index contributed by atoms with van der Waals surface area (Å²) in [6.45, 7) is 4.15. The highest BCUT2D eigenvalue weighted by molar-refractivity contribution is 7.15. The molecule has 0 radical (unpaired) electrons. The second kappa shape index (κ2) is 6.51. The molecule has 2 nitrogen and oxygen atoms in total. The van der Waals surface area contributed by atoms with Crippen molar-refractivity contribution < 1.29 is 0 Å². The van der Waals surface area contributed by atoms with Gasteiger partial charge in [0, 0.05) is 12.5 Å². The minimum atomic E-state index is 0.724. The second-order valence-electron chi connectivity index (χ2n) is 5.50. The molecule has 106 valence electrons. The third-order valence-electron chi connectivity index (χ3n) is 3.92. The molecule has 1 aromatic carbocycles. The zero-order chi connectivity index (χ0) is 13.8. The quantitative estimate of drug-likeness (QED) is 0.786. The molecule has 1 aliphatic carbocycles. The number of hydrogen-bond donors (Lipinski definition) is 1. The van der Waals surface area contributed by atoms with Crippen LogP contribution < -0.4 is 5.32 Å². The zero-order valence-electron chi connectivity index (χ0n) is 12.1. The van der Waals surface area contributed by atoms with Crippen molar-refractivity contribution in [1.29, 1.82) is 0 Å². The van der Waals surface area contributed by atoms with Gasteiger partial charge in [-0.3, -0.25) is 0 Å². The minimum Gasteiger partial charge on any atom is -0.311 e. The van der Waals surface area contributed by atoms with E-state index in [1.807, 2.05) is 11.3 Å². The Morgan fingerprint density at radius 3 is 2.70 bits per heavy atom. The first-order valence-electron chi connectivity index (χ1n) is 7.64. The molecule has 20 heavy (non-hydrogen) atoms. The summed E-state index contributed by atoms with van der Waals surface area (Å²) in [7, 11) is 0. The lowest BCUT2D eigenvalue weighted by Crippen LogP contribution is -2.15. The molecule has 1 N–H and O–H groups in total. The largest absolute Gasteiger partial charge is 0.311 e. The Labute approximate surface area is 125 Å². The van der Waals surface area contributed by atoms with Gasteiger partial charge < -0.3 is 5.32 Å². The first-order valence-corrected chi connectivity index (χ1v) is 8.46. The van der Waals surface area contributed by atoms with Gasteiger partial charge in [-0.2, -0.15) is 0 Å². The third kappa shape index (κ3) is 2.94. The SMILES string of the molecule is CCCNCc1nc(C2CCC2)sc1-c1ccccc1. The van der Waals surface area contributed by atoms with Crippen LogP contribution in [0.3, 0.4) is 0 Å². The number of benzene rings is 1. The Morgan fingerprint density at radius 1 is 1.25 bits per heavy atom. The van der Waals surface area contributed by atoms with Gasteiger partial charge in [-0.15, -0.1) is 11.3 Å². The van der Waals surface area contributed by atoms with Crippen LogP contribution in [0.2, 0.25) is 0 Å². The lowest BCUT2D eigenvalue weighted by atomic mass is 9.86. The van der Waals surface area contributed by atoms with Crippen LogP contribution in [0.1, 0.15) is 49.2 Å². The number of nitrogens with one attached hydrogen (secondary N) is 1. The van der Waals surface area contributed by atoms with Crippen molar-refractivity contribution in [2.75, 3.05) is 6.54 Å². The van der Waals surface area contributed by atoms with Crippen molar-refractivity contribution in [3.8, 4) is 10.4 Å². The van der Waals surface area contributed by atoms with Crippen LogP contribution in [0, 0.1) is 0 Å². The molecule has 0 spiro atoms. The highest BCUT2D eigenvalue weighted by Crippen LogP contribution is 2.41. The van der Waals surface area contributed by atoms with E-state index in [2.05, 4.69) is 42.6 Å². The van der Waals surface area contributed by atoms with Crippen LogP contribution in [-0.4, -0.2) is 11.5 Å². The van der Waals surface area contributed by atoms with Gasteiger partial charge in [-0.05, 0) is 31.4 Å². The van der Waals surface area contributed by atoms with E-state index in [0.717, 1.165) is 19.0 Å². The average Bonchev–Trinajstić information content (AvgIpc) is 2.82. The molecule has 0 amide bonds. The van der Waals surface area contributed by atoms with Crippen molar-refractivity contribution in [1.82, 2.24) is 10.3 Å². The fraction of sp³-hybridized carbons (Fsp3) is 0.471. The first kappa shape index (κ1) is 13.8. The number of nitrogens with zero attached hydrogens (tertiary/aromatic N) is 1. The van der Waals surface area contributed by atoms with Crippen LogP contribution in [0.4, 0.5) is 0 Å². The van der Waals surface area contributed by atoms with E-state index < -0.39 is 0 Å². The Bertz CT molecular complexity index is 543. The topological polar surface area (TPSA) is 24.9 Å². The standard InChI is InChI=1S/C17H22N2S/c1-2-11-18-12-15-16(13-7-4-3-5-8-13)20-17(19-15)14-9-6-10-14/h3-5,7-8,14,18H,2,6,9-12H2,1H3. The van der Waals surface area contributed by atoms with Crippen molar-refractivity contribution >= 4 is 11.3 Å². The molecule has 0 saturated heterocycles. The number of rotatable bonds is 6. The Hall–Kier alpha value is -1.19. The average molecular weight is 286 g/mol. The molecule has 3 rings (SSSR count). The van der Waals surface area contributed by atoms with Crippen LogP contribution in [0.15, 0.2) is 30.3 Å². The summed E-state index contributed by atoms with van der Waals surface area (Å²) in [6.07, 6.45) is 5.18. The fourth-order valence-electron chi connectivity index (χ4n) is 2.52. The Balaban J connectivity index is 1.86. The first-order chi connectivity index (χ1) is 9.88. The van der Waals surface area contributed by atoms with Crippen LogP contribution >= 0.6 is 11.3 Å². The van der Waals surface area contributed by atoms with E-state index in [4.69, 9.17) is 4.98 Å². The summed E-state index contributed by atoms with van der Waals surface area (Å²) in [5, 5.41) is 4.84. The van der Waals surface area contributed by atoms with Crippen molar-refractivity contribution in [3.63, 3.8) is 0 Å². The molecule has 1 aliphatic rings. The van der Waals surface area contributed by atoms with E-state index in [9.17, 15) is 0 Å². The smallest absolute Gasteiger partial charge is 0.0966 e. The summed E-state index contributed by atoms with van der Waals surface area (Å²) in [4.78, 5) is 6.29. The molecule has 0 atom stereocenters. The van der Waals surface area contributed by atoms with E-state index in [-0.39, 0.29) is 0 Å². The van der Waals surface area contributed by atoms with Crippen LogP contribution in [0.5, 0.6) is 0 Å². The minimum absolute atomic E-state index is 0.724. The van der Waals surface area contributed by atoms with Crippen LogP contribution in [-0.2, 0) is 6.54 Å². The summed E-state index contributed by atoms with van der Waals surface area (Å²) < 4.78 is 0. The maximum atomic E-state index is 4.94. The molecule has 0 bridgehead atoms. The van der Waals surface area contributed by atoms with Gasteiger partial charge in [0.25, 0.3) is 0 Å². The predicted molar refractivity (Wildman–Crippen MR) is 86.1 cm³/mol. The molecular formula is C17H22N2S. The summed E-state index contributed by atoms with van der Waals surface area (Å²) >= 11 is 1.90. The molecule has 1 saturated carbocycles. The normalized spacial score (nSPS) is 15.2. The fourth-order valence-corrected chi connectivity index (χ4v) is 3.78. The van der Waals surface area contributed by atoms with Crippen molar-refractivity contribution in [3.05, 3.63) is 41.0 Å². The van der Waals surface area contributed by atoms with Crippen molar-refractivity contribution in [2.45, 2.75) is 45.1 Å². The predicted octanol–water partition coefficient (Wildman–Crippen LogP) is 4.58. The van der Waals surface area contributed by atoms with Gasteiger partial charge in [0.05, 0.1) is 15.6 Å². The third-order valence-corrected chi connectivity index (χ3v) is 5.23. The van der Waals surface area contributed by atoms with Crippen molar-refractivity contribution in [2.24, 2.45) is 0 Å². The molecule has 0 unspecified atom stereocenters. The maximum absolute atomic E-state index is 4.94. The van der Waals surface area contributed by atoms with E-state index in [1.165, 1.54) is 46.8 Å². The summed E-state index contributed by atoms with van der Waals surface area (Å²) in [5.74, 6) is 0.724. The molecule has 2 aromatic rings. The van der Waals surface area contributed by atoms with Gasteiger partial charge in [-0.25, -0.2) is 4.98 Å². The van der Waals surface area contributed by atoms with Gasteiger partial charge in [0.2, 0.25) is 0 Å². The molecule has 1 aromatic heterocycles. The second-order valence-corrected chi connectivity index (χ2v) is 6.53. The summed E-state index contributed by atoms with van der Waals surface area (Å²) in [5.41, 5.74) is 2.54. The molecule has 1 heterocycles. The van der Waals surface area contributed by atoms with Crippen LogP contribution in [0.25, 0.3) is 10.4 Å². The number of hydrogen-bond acceptors (Lipinski definition) is 3. The lowest BCUT2D eigenvalue weighted by molar-refractivity contribution is 0.417. The maximum Gasteiger partial charge on any atom is 0.0966 e. The number of aromatic nitrogens is 1. The monoisotopic (exact) mass is 286 g/mol. The van der Waals surface area contributed by atoms with Gasteiger partial charge in [0.1, 0.15) is 0 Å². The zero-order valence-corrected chi connectivity index (χ0v) is 12.9. The Kier molecular flexibility index (Phi) is 4.48. The Morgan fingerprint density at radius 2 is 2.05 bits per heavy atom. The molecule has 0 aliphatic heterocycles. The molecule has 3 heteroatoms. The van der Waals surface area contributed by atoms with Gasteiger partial charge >= 0.3 is 0 Å². The highest BCUT2D eigenvalue weighted by atomic mass is 32.1. The van der Waals surface area contributed by atoms with E-state index in [1.54, 1.807) is 0 Å². The molecule has 1 fully saturated rings. The summed E-state index contributed by atoms with van der Waals surface area (Å²) in [6, 6.07) is 10.7. The lowest BCUT2D eigenvalue weighted by Gasteiger charge is -2.22. The van der Waals surface area contributed by atoms with Gasteiger partial charge in [-0.1, -0.05) is 43.7 Å². The van der Waals surface area contributed by atoms with Gasteiger partial charge in [0.15, 0.2) is 0 Å². The highest BCUT2D eigenvalue weighted by Gasteiger charge is 2.24. The van der Waals surface area contributed by atoms with E-state index >= 15 is 0 Å². The number of thiazole rings is 1. The van der Waals surface area contributed by atoms with E-state index in [0.29, 0.717) is 0 Å².